The van der Waals surface area contributed by atoms with Gasteiger partial charge in [0.05, 0.1) is 5.02 Å². The first kappa shape index (κ1) is 14.5. The molecular weight excluding hydrogens is 277 g/mol. The van der Waals surface area contributed by atoms with Crippen LogP contribution in [0, 0.1) is 5.92 Å². The Morgan fingerprint density at radius 2 is 1.89 bits per heavy atom. The molecule has 0 spiro atoms. The maximum absolute atomic E-state index is 12.9. The third-order valence-corrected chi connectivity index (χ3v) is 3.54. The lowest BCUT2D eigenvalue weighted by atomic mass is 10.0. The van der Waals surface area contributed by atoms with Gasteiger partial charge >= 0.3 is 6.18 Å². The summed E-state index contributed by atoms with van der Waals surface area (Å²) in [6, 6.07) is 4.95. The zero-order valence-corrected chi connectivity index (χ0v) is 11.6. The molecule has 1 nitrogen and oxygen atoms in total. The van der Waals surface area contributed by atoms with E-state index in [0.717, 1.165) is 5.56 Å². The first-order valence-electron chi connectivity index (χ1n) is 6.32. The molecule has 0 bridgehead atoms. The van der Waals surface area contributed by atoms with Gasteiger partial charge < -0.3 is 4.74 Å². The average molecular weight is 293 g/mol. The molecule has 1 unspecified atom stereocenters. The summed E-state index contributed by atoms with van der Waals surface area (Å²) in [5.41, 5.74) is 0.979. The second kappa shape index (κ2) is 5.23. The standard InChI is InChI=1S/C14H16ClF3O/c1-8(2)10-5-6-12(11(15)7-10)19-13(9-3-4-9)14(16,17)18/h5-9,13H,3-4H2,1-2H3. The normalized spacial score (nSPS) is 17.6. The molecule has 0 heterocycles. The highest BCUT2D eigenvalue weighted by Crippen LogP contribution is 2.43. The molecule has 19 heavy (non-hydrogen) atoms. The largest absolute Gasteiger partial charge is 0.479 e. The van der Waals surface area contributed by atoms with Gasteiger partial charge in [0.1, 0.15) is 5.75 Å². The smallest absolute Gasteiger partial charge is 0.425 e. The van der Waals surface area contributed by atoms with Gasteiger partial charge in [0.2, 0.25) is 0 Å². The zero-order valence-electron chi connectivity index (χ0n) is 10.8. The Morgan fingerprint density at radius 1 is 1.26 bits per heavy atom. The first-order chi connectivity index (χ1) is 8.79. The van der Waals surface area contributed by atoms with E-state index in [1.807, 2.05) is 13.8 Å². The van der Waals surface area contributed by atoms with Crippen molar-refractivity contribution in [2.75, 3.05) is 0 Å². The topological polar surface area (TPSA) is 9.23 Å². The van der Waals surface area contributed by atoms with Crippen LogP contribution < -0.4 is 4.74 Å². The van der Waals surface area contributed by atoms with Gasteiger partial charge in [-0.1, -0.05) is 31.5 Å². The van der Waals surface area contributed by atoms with E-state index in [0.29, 0.717) is 12.8 Å². The van der Waals surface area contributed by atoms with E-state index < -0.39 is 18.2 Å². The molecule has 0 radical (unpaired) electrons. The van der Waals surface area contributed by atoms with E-state index in [9.17, 15) is 13.2 Å². The minimum atomic E-state index is -4.35. The number of benzene rings is 1. The van der Waals surface area contributed by atoms with Gasteiger partial charge in [-0.15, -0.1) is 0 Å². The molecule has 0 aliphatic heterocycles. The van der Waals surface area contributed by atoms with E-state index in [1.54, 1.807) is 12.1 Å². The van der Waals surface area contributed by atoms with Gasteiger partial charge in [-0.2, -0.15) is 13.2 Å². The highest BCUT2D eigenvalue weighted by molar-refractivity contribution is 6.32. The summed E-state index contributed by atoms with van der Waals surface area (Å²) < 4.78 is 43.7. The Balaban J connectivity index is 2.18. The zero-order chi connectivity index (χ0) is 14.2. The Kier molecular flexibility index (Phi) is 4.00. The Morgan fingerprint density at radius 3 is 2.32 bits per heavy atom. The monoisotopic (exact) mass is 292 g/mol. The van der Waals surface area contributed by atoms with Crippen LogP contribution >= 0.6 is 11.6 Å². The number of ether oxygens (including phenoxy) is 1. The fourth-order valence-corrected chi connectivity index (χ4v) is 2.17. The Bertz CT molecular complexity index is 452. The SMILES string of the molecule is CC(C)c1ccc(OC(C2CC2)C(F)(F)F)c(Cl)c1. The van der Waals surface area contributed by atoms with Crippen LogP contribution in [-0.4, -0.2) is 12.3 Å². The number of rotatable bonds is 4. The van der Waals surface area contributed by atoms with E-state index in [1.165, 1.54) is 6.07 Å². The molecule has 1 aromatic rings. The molecule has 0 amide bonds. The lowest BCUT2D eigenvalue weighted by Crippen LogP contribution is -2.36. The highest BCUT2D eigenvalue weighted by atomic mass is 35.5. The molecule has 5 heteroatoms. The molecule has 1 aliphatic rings. The molecule has 1 saturated carbocycles. The van der Waals surface area contributed by atoms with Crippen molar-refractivity contribution in [1.29, 1.82) is 0 Å². The van der Waals surface area contributed by atoms with E-state index in [-0.39, 0.29) is 16.7 Å². The lowest BCUT2D eigenvalue weighted by molar-refractivity contribution is -0.201. The van der Waals surface area contributed by atoms with Crippen LogP contribution in [-0.2, 0) is 0 Å². The predicted molar refractivity (Wildman–Crippen MR) is 68.7 cm³/mol. The van der Waals surface area contributed by atoms with Crippen molar-refractivity contribution < 1.29 is 17.9 Å². The maximum atomic E-state index is 12.9. The van der Waals surface area contributed by atoms with E-state index >= 15 is 0 Å². The molecule has 106 valence electrons. The van der Waals surface area contributed by atoms with Crippen molar-refractivity contribution in [2.24, 2.45) is 5.92 Å². The van der Waals surface area contributed by atoms with Crippen LogP contribution in [0.3, 0.4) is 0 Å². The maximum Gasteiger partial charge on any atom is 0.425 e. The van der Waals surface area contributed by atoms with Gasteiger partial charge in [0, 0.05) is 5.92 Å². The summed E-state index contributed by atoms with van der Waals surface area (Å²) in [7, 11) is 0. The minimum absolute atomic E-state index is 0.111. The third-order valence-electron chi connectivity index (χ3n) is 3.25. The van der Waals surface area contributed by atoms with Crippen molar-refractivity contribution in [3.63, 3.8) is 0 Å². The van der Waals surface area contributed by atoms with E-state index in [2.05, 4.69) is 0 Å². The summed E-state index contributed by atoms with van der Waals surface area (Å²) in [4.78, 5) is 0. The van der Waals surface area contributed by atoms with Crippen LogP contribution in [0.4, 0.5) is 13.2 Å². The second-order valence-electron chi connectivity index (χ2n) is 5.26. The van der Waals surface area contributed by atoms with Crippen molar-refractivity contribution in [1.82, 2.24) is 0 Å². The van der Waals surface area contributed by atoms with Crippen LogP contribution in [0.1, 0.15) is 38.2 Å². The van der Waals surface area contributed by atoms with Crippen LogP contribution in [0.25, 0.3) is 0 Å². The Hall–Kier alpha value is -0.900. The lowest BCUT2D eigenvalue weighted by Gasteiger charge is -2.22. The van der Waals surface area contributed by atoms with Gasteiger partial charge in [-0.3, -0.25) is 0 Å². The quantitative estimate of drug-likeness (QED) is 0.742. The summed E-state index contributed by atoms with van der Waals surface area (Å²) in [6.07, 6.45) is -4.96. The highest BCUT2D eigenvalue weighted by Gasteiger charge is 2.51. The third kappa shape index (κ3) is 3.56. The molecule has 1 aromatic carbocycles. The van der Waals surface area contributed by atoms with Crippen molar-refractivity contribution >= 4 is 11.6 Å². The molecule has 1 atom stereocenters. The molecule has 0 N–H and O–H groups in total. The molecule has 2 rings (SSSR count). The summed E-state index contributed by atoms with van der Waals surface area (Å²) in [5, 5.41) is 0.237. The van der Waals surface area contributed by atoms with Crippen molar-refractivity contribution in [3.05, 3.63) is 28.8 Å². The molecule has 1 fully saturated rings. The van der Waals surface area contributed by atoms with Crippen LogP contribution in [0.2, 0.25) is 5.02 Å². The van der Waals surface area contributed by atoms with Gasteiger partial charge in [0.25, 0.3) is 0 Å². The van der Waals surface area contributed by atoms with Gasteiger partial charge in [-0.25, -0.2) is 0 Å². The fraction of sp³-hybridized carbons (Fsp3) is 0.571. The van der Waals surface area contributed by atoms with Crippen molar-refractivity contribution in [3.8, 4) is 5.75 Å². The van der Waals surface area contributed by atoms with Gasteiger partial charge in [-0.05, 0) is 36.5 Å². The molecule has 1 aliphatic carbocycles. The molecule has 0 saturated heterocycles. The molecular formula is C14H16ClF3O. The predicted octanol–water partition coefficient (Wildman–Crippen LogP) is 5.18. The summed E-state index contributed by atoms with van der Waals surface area (Å²) in [6.45, 7) is 3.99. The van der Waals surface area contributed by atoms with Crippen LogP contribution in [0.5, 0.6) is 5.75 Å². The number of hydrogen-bond acceptors (Lipinski definition) is 1. The summed E-state index contributed by atoms with van der Waals surface area (Å²) in [5.74, 6) is -0.0467. The molecule has 0 aromatic heterocycles. The minimum Gasteiger partial charge on any atom is -0.479 e. The van der Waals surface area contributed by atoms with E-state index in [4.69, 9.17) is 16.3 Å². The second-order valence-corrected chi connectivity index (χ2v) is 5.67. The Labute approximate surface area is 115 Å². The number of hydrogen-bond donors (Lipinski definition) is 0. The van der Waals surface area contributed by atoms with Gasteiger partial charge in [0.15, 0.2) is 6.10 Å². The fourth-order valence-electron chi connectivity index (χ4n) is 1.94. The first-order valence-corrected chi connectivity index (χ1v) is 6.69. The average Bonchev–Trinajstić information content (AvgIpc) is 3.09. The van der Waals surface area contributed by atoms with Crippen molar-refractivity contribution in [2.45, 2.75) is 44.9 Å². The summed E-state index contributed by atoms with van der Waals surface area (Å²) >= 11 is 6.00. The number of alkyl halides is 3. The van der Waals surface area contributed by atoms with Crippen LogP contribution in [0.15, 0.2) is 18.2 Å². The number of halogens is 4.